The molecule has 3 aliphatic rings. The van der Waals surface area contributed by atoms with Gasteiger partial charge in [-0.1, -0.05) is 26.0 Å². The number of morpholine rings is 1. The lowest BCUT2D eigenvalue weighted by atomic mass is 9.90. The molecule has 0 spiro atoms. The van der Waals surface area contributed by atoms with Crippen LogP contribution in [0.2, 0.25) is 0 Å². The largest absolute Gasteiger partial charge is 0.487 e. The molecule has 2 fully saturated rings. The molecule has 62 heavy (non-hydrogen) atoms. The first-order valence-corrected chi connectivity index (χ1v) is 21.8. The summed E-state index contributed by atoms with van der Waals surface area (Å²) in [4.78, 5) is 42.7. The number of thiazole rings is 1. The van der Waals surface area contributed by atoms with Crippen molar-refractivity contribution in [3.8, 4) is 17.0 Å². The molecular formula is C44H54F3N7O7S. The van der Waals surface area contributed by atoms with E-state index >= 15 is 0 Å². The summed E-state index contributed by atoms with van der Waals surface area (Å²) in [5.74, 6) is -3.06. The van der Waals surface area contributed by atoms with Crippen LogP contribution in [0.25, 0.3) is 11.3 Å². The SMILES string of the molecule is C[C@@H]1CN(CC(=O)N2CC(C)(C)c3nc(CO)c(Cc4ccc(F)cc4)cc32)[C@@H](C(=O)NCCOCCOCCOc2c(-c3csc(N4CCOCC4)n3)ccc(F)c2F)CN1. The minimum atomic E-state index is -1.09. The maximum absolute atomic E-state index is 14.9. The number of rotatable bonds is 18. The van der Waals surface area contributed by atoms with Crippen molar-refractivity contribution < 1.29 is 46.8 Å². The predicted octanol–water partition coefficient (Wildman–Crippen LogP) is 4.06. The molecule has 4 aromatic rings. The van der Waals surface area contributed by atoms with E-state index in [0.717, 1.165) is 28.0 Å². The highest BCUT2D eigenvalue weighted by molar-refractivity contribution is 7.14. The van der Waals surface area contributed by atoms with Gasteiger partial charge in [-0.15, -0.1) is 11.3 Å². The first-order chi connectivity index (χ1) is 29.9. The molecule has 0 bridgehead atoms. The van der Waals surface area contributed by atoms with Crippen LogP contribution in [0.15, 0.2) is 47.8 Å². The number of aliphatic hydroxyl groups excluding tert-OH is 1. The summed E-state index contributed by atoms with van der Waals surface area (Å²) in [6, 6.07) is 10.0. The van der Waals surface area contributed by atoms with Crippen LogP contribution in [-0.4, -0.2) is 136 Å². The Labute approximate surface area is 363 Å². The molecule has 2 atom stereocenters. The van der Waals surface area contributed by atoms with E-state index in [0.29, 0.717) is 75.0 Å². The van der Waals surface area contributed by atoms with E-state index in [1.165, 1.54) is 29.5 Å². The van der Waals surface area contributed by atoms with Crippen LogP contribution in [0.1, 0.15) is 43.3 Å². The molecule has 334 valence electrons. The van der Waals surface area contributed by atoms with Gasteiger partial charge in [-0.3, -0.25) is 19.5 Å². The lowest BCUT2D eigenvalue weighted by Crippen LogP contribution is -2.62. The number of halogens is 3. The summed E-state index contributed by atoms with van der Waals surface area (Å²) in [6.07, 6.45) is 0.412. The number of hydrogen-bond acceptors (Lipinski definition) is 13. The number of anilines is 2. The molecule has 14 nitrogen and oxygen atoms in total. The molecule has 0 unspecified atom stereocenters. The number of aromatic nitrogens is 2. The van der Waals surface area contributed by atoms with E-state index in [2.05, 4.69) is 20.5 Å². The second-order valence-corrected chi connectivity index (χ2v) is 17.1. The van der Waals surface area contributed by atoms with Crippen LogP contribution in [0.5, 0.6) is 5.75 Å². The number of amides is 2. The number of carbonyl (C=O) groups excluding carboxylic acids is 2. The van der Waals surface area contributed by atoms with Crippen molar-refractivity contribution in [1.29, 1.82) is 0 Å². The Morgan fingerprint density at radius 3 is 2.52 bits per heavy atom. The van der Waals surface area contributed by atoms with Crippen LogP contribution >= 0.6 is 11.3 Å². The molecule has 18 heteroatoms. The molecule has 2 aromatic carbocycles. The van der Waals surface area contributed by atoms with Gasteiger partial charge in [-0.25, -0.2) is 13.8 Å². The first kappa shape index (κ1) is 45.3. The fourth-order valence-corrected chi connectivity index (χ4v) is 8.78. The van der Waals surface area contributed by atoms with Crippen LogP contribution < -0.4 is 25.2 Å². The topological polar surface area (TPSA) is 151 Å². The van der Waals surface area contributed by atoms with Crippen molar-refractivity contribution in [2.45, 2.75) is 51.3 Å². The summed E-state index contributed by atoms with van der Waals surface area (Å²) in [5, 5.41) is 19.0. The zero-order valence-corrected chi connectivity index (χ0v) is 36.1. The lowest BCUT2D eigenvalue weighted by molar-refractivity contribution is -0.129. The van der Waals surface area contributed by atoms with Crippen LogP contribution in [-0.2, 0) is 42.2 Å². The molecule has 7 rings (SSSR count). The molecule has 5 heterocycles. The van der Waals surface area contributed by atoms with Gasteiger partial charge in [0.2, 0.25) is 17.6 Å². The first-order valence-electron chi connectivity index (χ1n) is 20.9. The van der Waals surface area contributed by atoms with Crippen molar-refractivity contribution in [2.75, 3.05) is 102 Å². The zero-order chi connectivity index (χ0) is 43.8. The number of piperazine rings is 1. The highest BCUT2D eigenvalue weighted by Gasteiger charge is 2.42. The van der Waals surface area contributed by atoms with Crippen LogP contribution in [0.3, 0.4) is 0 Å². The van der Waals surface area contributed by atoms with E-state index in [1.54, 1.807) is 22.4 Å². The van der Waals surface area contributed by atoms with Crippen molar-refractivity contribution in [3.63, 3.8) is 0 Å². The number of hydrogen-bond donors (Lipinski definition) is 3. The van der Waals surface area contributed by atoms with E-state index in [9.17, 15) is 27.9 Å². The van der Waals surface area contributed by atoms with Gasteiger partial charge in [0.1, 0.15) is 18.5 Å². The van der Waals surface area contributed by atoms with Gasteiger partial charge in [0.05, 0.1) is 75.6 Å². The third-order valence-corrected chi connectivity index (χ3v) is 12.1. The standard InChI is InChI=1S/C44H54F3N7O7S/c1-28-23-53(24-38(56)54-27-44(2,3)41-36(54)21-30(34(25-55)50-41)20-29-4-6-31(45)7-5-29)37(22-49-28)42(57)48-10-13-58-16-17-60-18-19-61-40-32(8-9-33(46)39(40)47)35-26-62-43(51-35)52-11-14-59-15-12-52/h4-9,21,26,28,37,49,55H,10-20,22-25,27H2,1-3H3,(H,48,57)/t28-,37-/m1/s1. The second-order valence-electron chi connectivity index (χ2n) is 16.3. The zero-order valence-electron chi connectivity index (χ0n) is 35.3. The Morgan fingerprint density at radius 2 is 1.76 bits per heavy atom. The van der Waals surface area contributed by atoms with E-state index in [1.807, 2.05) is 31.7 Å². The fourth-order valence-electron chi connectivity index (χ4n) is 7.90. The Kier molecular flexibility index (Phi) is 15.1. The number of pyridine rings is 1. The molecule has 2 amide bonds. The van der Waals surface area contributed by atoms with Gasteiger partial charge < -0.3 is 44.5 Å². The molecule has 2 saturated heterocycles. The van der Waals surface area contributed by atoms with Gasteiger partial charge >= 0.3 is 0 Å². The summed E-state index contributed by atoms with van der Waals surface area (Å²) >= 11 is 1.42. The van der Waals surface area contributed by atoms with Gasteiger partial charge in [-0.2, -0.15) is 4.39 Å². The van der Waals surface area contributed by atoms with Crippen molar-refractivity contribution in [1.82, 2.24) is 25.5 Å². The molecule has 2 aromatic heterocycles. The fraction of sp³-hybridized carbons (Fsp3) is 0.500. The predicted molar refractivity (Wildman–Crippen MR) is 228 cm³/mol. The van der Waals surface area contributed by atoms with Gasteiger partial charge in [0.25, 0.3) is 0 Å². The average molecular weight is 882 g/mol. The smallest absolute Gasteiger partial charge is 0.241 e. The van der Waals surface area contributed by atoms with Crippen molar-refractivity contribution in [2.24, 2.45) is 0 Å². The quantitative estimate of drug-likeness (QED) is 0.124. The van der Waals surface area contributed by atoms with Crippen LogP contribution in [0.4, 0.5) is 24.0 Å². The molecule has 0 radical (unpaired) electrons. The Hall–Kier alpha value is -4.69. The van der Waals surface area contributed by atoms with Gasteiger partial charge in [-0.05, 0) is 54.8 Å². The summed E-state index contributed by atoms with van der Waals surface area (Å²) in [6.45, 7) is 10.6. The Bertz CT molecular complexity index is 2170. The highest BCUT2D eigenvalue weighted by atomic mass is 32.1. The number of nitrogens with zero attached hydrogens (tertiary/aromatic N) is 5. The number of aliphatic hydroxyl groups is 1. The summed E-state index contributed by atoms with van der Waals surface area (Å²) < 4.78 is 65.0. The van der Waals surface area contributed by atoms with E-state index < -0.39 is 23.1 Å². The van der Waals surface area contributed by atoms with Gasteiger partial charge in [0.15, 0.2) is 16.7 Å². The van der Waals surface area contributed by atoms with Crippen molar-refractivity contribution in [3.05, 3.63) is 87.8 Å². The number of nitrogens with one attached hydrogen (secondary N) is 2. The van der Waals surface area contributed by atoms with Crippen LogP contribution in [0, 0.1) is 17.5 Å². The number of ether oxygens (including phenoxy) is 4. The highest BCUT2D eigenvalue weighted by Crippen LogP contribution is 2.41. The third-order valence-electron chi connectivity index (χ3n) is 11.2. The second kappa shape index (κ2) is 20.7. The van der Waals surface area contributed by atoms with Crippen molar-refractivity contribution >= 4 is 34.0 Å². The Balaban J connectivity index is 0.853. The summed E-state index contributed by atoms with van der Waals surface area (Å²) in [7, 11) is 0. The lowest BCUT2D eigenvalue weighted by Gasteiger charge is -2.38. The minimum absolute atomic E-state index is 0.0140. The average Bonchev–Trinajstić information content (AvgIpc) is 3.86. The minimum Gasteiger partial charge on any atom is -0.487 e. The maximum Gasteiger partial charge on any atom is 0.241 e. The molecule has 0 saturated carbocycles. The number of fused-ring (bicyclic) bond motifs is 1. The van der Waals surface area contributed by atoms with E-state index in [4.69, 9.17) is 23.9 Å². The number of carbonyl (C=O) groups is 2. The monoisotopic (exact) mass is 881 g/mol. The summed E-state index contributed by atoms with van der Waals surface area (Å²) in [5.41, 5.74) is 3.88. The normalized spacial score (nSPS) is 18.8. The van der Waals surface area contributed by atoms with E-state index in [-0.39, 0.29) is 82.2 Å². The molecule has 0 aliphatic carbocycles. The molecule has 3 aliphatic heterocycles. The molecule has 3 N–H and O–H groups in total. The Morgan fingerprint density at radius 1 is 1.02 bits per heavy atom. The molecular weight excluding hydrogens is 828 g/mol. The number of benzene rings is 2. The maximum atomic E-state index is 14.9. The van der Waals surface area contributed by atoms with Gasteiger partial charge in [0, 0.05) is 61.7 Å². The third kappa shape index (κ3) is 10.9.